The van der Waals surface area contributed by atoms with Gasteiger partial charge in [-0.25, -0.2) is 0 Å². The standard InChI is InChI=1S/C23H28N2O2.Co/c1-14-8-16(3)22(26)18(10-14)12-24-20-6-5-7-21(20)25-13-19-11-15(2)9-17(4)23(19)27;/h8-13,20-21,26-27H,5-7H2,1-4H3;/q;+2/p-2/t20-,21-;/m1./s1. The zero-order valence-electron chi connectivity index (χ0n) is 16.8. The van der Waals surface area contributed by atoms with Crippen LogP contribution in [-0.2, 0) is 16.8 Å². The van der Waals surface area contributed by atoms with Crippen LogP contribution in [0.25, 0.3) is 0 Å². The van der Waals surface area contributed by atoms with Crippen molar-refractivity contribution < 1.29 is 27.0 Å². The maximum Gasteiger partial charge on any atom is 2.00 e. The summed E-state index contributed by atoms with van der Waals surface area (Å²) in [7, 11) is 0. The molecule has 2 atom stereocenters. The van der Waals surface area contributed by atoms with Gasteiger partial charge in [0.25, 0.3) is 0 Å². The summed E-state index contributed by atoms with van der Waals surface area (Å²) in [5, 5.41) is 24.5. The largest absolute Gasteiger partial charge is 2.00 e. The average molecular weight is 421 g/mol. The molecule has 0 amide bonds. The summed E-state index contributed by atoms with van der Waals surface area (Å²) in [6.07, 6.45) is 6.37. The fraction of sp³-hybridized carbons (Fsp3) is 0.391. The summed E-state index contributed by atoms with van der Waals surface area (Å²) < 4.78 is 0. The van der Waals surface area contributed by atoms with Gasteiger partial charge in [0.15, 0.2) is 0 Å². The number of aliphatic imine (C=N–C) groups is 2. The first kappa shape index (κ1) is 22.2. The molecule has 149 valence electrons. The van der Waals surface area contributed by atoms with Crippen LogP contribution in [0, 0.1) is 27.7 Å². The van der Waals surface area contributed by atoms with Crippen LogP contribution < -0.4 is 10.2 Å². The molecule has 1 aliphatic carbocycles. The minimum absolute atomic E-state index is 0. The van der Waals surface area contributed by atoms with Crippen molar-refractivity contribution >= 4 is 12.4 Å². The fourth-order valence-electron chi connectivity index (χ4n) is 3.79. The van der Waals surface area contributed by atoms with Gasteiger partial charge in [0, 0.05) is 12.4 Å². The first-order valence-corrected chi connectivity index (χ1v) is 9.48. The van der Waals surface area contributed by atoms with Gasteiger partial charge in [0.2, 0.25) is 0 Å². The summed E-state index contributed by atoms with van der Waals surface area (Å²) in [6.45, 7) is 7.63. The van der Waals surface area contributed by atoms with Crippen molar-refractivity contribution in [2.75, 3.05) is 0 Å². The van der Waals surface area contributed by atoms with Crippen LogP contribution in [0.4, 0.5) is 0 Å². The molecule has 1 saturated carbocycles. The maximum atomic E-state index is 12.3. The second-order valence-electron chi connectivity index (χ2n) is 7.62. The zero-order chi connectivity index (χ0) is 19.6. The summed E-state index contributed by atoms with van der Waals surface area (Å²) in [5.41, 5.74) is 4.89. The van der Waals surface area contributed by atoms with E-state index in [0.717, 1.165) is 41.5 Å². The van der Waals surface area contributed by atoms with E-state index < -0.39 is 0 Å². The first-order valence-electron chi connectivity index (χ1n) is 9.48. The normalized spacial score (nSPS) is 19.4. The van der Waals surface area contributed by atoms with Crippen LogP contribution in [0.2, 0.25) is 0 Å². The summed E-state index contributed by atoms with van der Waals surface area (Å²) in [6, 6.07) is 7.67. The molecule has 5 heteroatoms. The predicted octanol–water partition coefficient (Wildman–Crippen LogP) is 3.52. The molecule has 28 heavy (non-hydrogen) atoms. The third kappa shape index (κ3) is 5.03. The van der Waals surface area contributed by atoms with Gasteiger partial charge in [-0.3, -0.25) is 9.98 Å². The van der Waals surface area contributed by atoms with Crippen molar-refractivity contribution in [3.05, 3.63) is 57.6 Å². The molecule has 4 nitrogen and oxygen atoms in total. The Balaban J connectivity index is 0.00000280. The Morgan fingerprint density at radius 2 is 1.14 bits per heavy atom. The van der Waals surface area contributed by atoms with E-state index >= 15 is 0 Å². The molecule has 0 bridgehead atoms. The number of rotatable bonds is 4. The fourth-order valence-corrected chi connectivity index (χ4v) is 3.79. The van der Waals surface area contributed by atoms with Gasteiger partial charge in [0.1, 0.15) is 0 Å². The average Bonchev–Trinajstić information content (AvgIpc) is 3.06. The van der Waals surface area contributed by atoms with Gasteiger partial charge in [0.05, 0.1) is 12.1 Å². The van der Waals surface area contributed by atoms with Crippen molar-refractivity contribution in [1.29, 1.82) is 0 Å². The third-order valence-corrected chi connectivity index (χ3v) is 5.15. The number of aryl methyl sites for hydroxylation is 4. The van der Waals surface area contributed by atoms with E-state index in [4.69, 9.17) is 0 Å². The van der Waals surface area contributed by atoms with Gasteiger partial charge in [-0.1, -0.05) is 58.0 Å². The molecule has 0 N–H and O–H groups in total. The van der Waals surface area contributed by atoms with Crippen LogP contribution in [0.3, 0.4) is 0 Å². The molecular weight excluding hydrogens is 395 g/mol. The Hall–Kier alpha value is -2.11. The Kier molecular flexibility index (Phi) is 7.44. The Morgan fingerprint density at radius 3 is 1.54 bits per heavy atom. The maximum absolute atomic E-state index is 12.3. The molecule has 1 radical (unpaired) electrons. The Labute approximate surface area is 177 Å². The van der Waals surface area contributed by atoms with E-state index in [1.807, 2.05) is 52.0 Å². The van der Waals surface area contributed by atoms with E-state index in [0.29, 0.717) is 11.1 Å². The minimum Gasteiger partial charge on any atom is -0.872 e. The number of hydrogen-bond acceptors (Lipinski definition) is 4. The second-order valence-corrected chi connectivity index (χ2v) is 7.62. The molecule has 0 unspecified atom stereocenters. The van der Waals surface area contributed by atoms with Crippen molar-refractivity contribution in [2.24, 2.45) is 9.98 Å². The third-order valence-electron chi connectivity index (χ3n) is 5.15. The molecule has 3 rings (SSSR count). The summed E-state index contributed by atoms with van der Waals surface area (Å²) in [4.78, 5) is 9.34. The Bertz CT molecular complexity index is 832. The smallest absolute Gasteiger partial charge is 0.872 e. The molecule has 0 spiro atoms. The van der Waals surface area contributed by atoms with E-state index in [9.17, 15) is 10.2 Å². The van der Waals surface area contributed by atoms with E-state index in [2.05, 4.69) is 9.98 Å². The van der Waals surface area contributed by atoms with Gasteiger partial charge < -0.3 is 10.2 Å². The van der Waals surface area contributed by atoms with E-state index in [1.54, 1.807) is 12.4 Å². The molecule has 1 aliphatic rings. The van der Waals surface area contributed by atoms with Gasteiger partial charge in [-0.15, -0.1) is 0 Å². The minimum atomic E-state index is 0. The molecule has 2 aromatic carbocycles. The monoisotopic (exact) mass is 421 g/mol. The zero-order valence-corrected chi connectivity index (χ0v) is 17.8. The van der Waals surface area contributed by atoms with Crippen molar-refractivity contribution in [1.82, 2.24) is 0 Å². The van der Waals surface area contributed by atoms with Gasteiger partial charge in [-0.05, 0) is 58.1 Å². The SMILES string of the molecule is Cc1cc(C)c([O-])c(C=N[C@@H]2CCC[C@H]2N=Cc2cc(C)cc(C)c2[O-])c1.[Co+2]. The summed E-state index contributed by atoms with van der Waals surface area (Å²) in [5.74, 6) is 0.0715. The molecule has 2 aromatic rings. The molecule has 1 fully saturated rings. The predicted molar refractivity (Wildman–Crippen MR) is 107 cm³/mol. The first-order chi connectivity index (χ1) is 12.8. The molecule has 0 aromatic heterocycles. The van der Waals surface area contributed by atoms with Crippen LogP contribution in [0.15, 0.2) is 34.3 Å². The van der Waals surface area contributed by atoms with E-state index in [-0.39, 0.29) is 40.4 Å². The Morgan fingerprint density at radius 1 is 0.750 bits per heavy atom. The molecule has 0 saturated heterocycles. The number of benzene rings is 2. The van der Waals surface area contributed by atoms with Crippen molar-refractivity contribution in [2.45, 2.75) is 59.0 Å². The van der Waals surface area contributed by atoms with Crippen LogP contribution >= 0.6 is 0 Å². The van der Waals surface area contributed by atoms with E-state index in [1.165, 1.54) is 0 Å². The molecule has 0 heterocycles. The summed E-state index contributed by atoms with van der Waals surface area (Å²) >= 11 is 0. The second kappa shape index (κ2) is 9.39. The number of hydrogen-bond donors (Lipinski definition) is 0. The quantitative estimate of drug-likeness (QED) is 0.709. The van der Waals surface area contributed by atoms with Crippen molar-refractivity contribution in [3.63, 3.8) is 0 Å². The van der Waals surface area contributed by atoms with Gasteiger partial charge >= 0.3 is 16.8 Å². The van der Waals surface area contributed by atoms with Crippen molar-refractivity contribution in [3.8, 4) is 11.5 Å². The van der Waals surface area contributed by atoms with Gasteiger partial charge in [-0.2, -0.15) is 0 Å². The topological polar surface area (TPSA) is 70.8 Å². The van der Waals surface area contributed by atoms with Crippen LogP contribution in [0.1, 0.15) is 52.6 Å². The van der Waals surface area contributed by atoms with Crippen LogP contribution in [-0.4, -0.2) is 24.5 Å². The molecule has 0 aliphatic heterocycles. The number of nitrogens with zero attached hydrogens (tertiary/aromatic N) is 2. The van der Waals surface area contributed by atoms with Crippen LogP contribution in [0.5, 0.6) is 11.5 Å². The molecular formula is C23H26CoN2O2.